The molecule has 1 unspecified atom stereocenters. The summed E-state index contributed by atoms with van der Waals surface area (Å²) < 4.78 is 7.50. The Hall–Kier alpha value is -0.870. The summed E-state index contributed by atoms with van der Waals surface area (Å²) in [4.78, 5) is 12.5. The molecule has 3 heterocycles. The third-order valence-electron chi connectivity index (χ3n) is 3.79. The molecule has 0 radical (unpaired) electrons. The molecule has 0 bridgehead atoms. The van der Waals surface area contributed by atoms with Crippen molar-refractivity contribution in [2.75, 3.05) is 33.4 Å². The molecule has 1 aliphatic rings. The Labute approximate surface area is 158 Å². The van der Waals surface area contributed by atoms with E-state index in [-0.39, 0.29) is 24.0 Å². The SMILES string of the molecule is CCNC(=NCc1cn2ccsc2n1)N(C)CC1CCOC1.I. The third-order valence-corrected chi connectivity index (χ3v) is 4.56. The second-order valence-electron chi connectivity index (χ2n) is 5.61. The number of rotatable bonds is 5. The lowest BCUT2D eigenvalue weighted by atomic mass is 10.1. The summed E-state index contributed by atoms with van der Waals surface area (Å²) in [5, 5.41) is 5.40. The van der Waals surface area contributed by atoms with Crippen molar-refractivity contribution in [3.8, 4) is 0 Å². The third kappa shape index (κ3) is 4.80. The number of ether oxygens (including phenoxy) is 1. The number of fused-ring (bicyclic) bond motifs is 1. The van der Waals surface area contributed by atoms with E-state index >= 15 is 0 Å². The van der Waals surface area contributed by atoms with E-state index in [0.29, 0.717) is 12.5 Å². The van der Waals surface area contributed by atoms with Crippen molar-refractivity contribution in [1.29, 1.82) is 0 Å². The molecule has 0 amide bonds. The summed E-state index contributed by atoms with van der Waals surface area (Å²) >= 11 is 1.64. The molecule has 0 spiro atoms. The normalized spacial score (nSPS) is 18.2. The molecule has 8 heteroatoms. The second-order valence-corrected chi connectivity index (χ2v) is 6.48. The average molecular weight is 449 g/mol. The lowest BCUT2D eigenvalue weighted by Crippen LogP contribution is -2.41. The zero-order valence-electron chi connectivity index (χ0n) is 13.6. The van der Waals surface area contributed by atoms with E-state index in [1.54, 1.807) is 11.3 Å². The van der Waals surface area contributed by atoms with Gasteiger partial charge in [0.15, 0.2) is 10.9 Å². The number of hydrogen-bond donors (Lipinski definition) is 1. The Morgan fingerprint density at radius 1 is 1.61 bits per heavy atom. The summed E-state index contributed by atoms with van der Waals surface area (Å²) in [6, 6.07) is 0. The van der Waals surface area contributed by atoms with Crippen molar-refractivity contribution in [3.05, 3.63) is 23.5 Å². The van der Waals surface area contributed by atoms with Gasteiger partial charge in [0.05, 0.1) is 18.8 Å². The highest BCUT2D eigenvalue weighted by Gasteiger charge is 2.19. The van der Waals surface area contributed by atoms with Gasteiger partial charge in [0.1, 0.15) is 0 Å². The van der Waals surface area contributed by atoms with E-state index in [1.807, 2.05) is 22.2 Å². The van der Waals surface area contributed by atoms with Crippen molar-refractivity contribution in [1.82, 2.24) is 19.6 Å². The van der Waals surface area contributed by atoms with E-state index in [0.717, 1.165) is 49.3 Å². The monoisotopic (exact) mass is 449 g/mol. The Bertz CT molecular complexity index is 606. The van der Waals surface area contributed by atoms with Crippen LogP contribution in [0.2, 0.25) is 0 Å². The predicted octanol–water partition coefficient (Wildman–Crippen LogP) is 2.45. The van der Waals surface area contributed by atoms with Gasteiger partial charge in [-0.1, -0.05) is 0 Å². The molecule has 0 aromatic carbocycles. The highest BCUT2D eigenvalue weighted by Crippen LogP contribution is 2.14. The fraction of sp³-hybridized carbons (Fsp3) is 0.600. The molecule has 1 atom stereocenters. The number of halogens is 1. The lowest BCUT2D eigenvalue weighted by molar-refractivity contribution is 0.181. The van der Waals surface area contributed by atoms with Gasteiger partial charge in [-0.05, 0) is 13.3 Å². The van der Waals surface area contributed by atoms with E-state index in [4.69, 9.17) is 9.73 Å². The average Bonchev–Trinajstić information content (AvgIpc) is 3.19. The second kappa shape index (κ2) is 8.84. The molecule has 1 N–H and O–H groups in total. The highest BCUT2D eigenvalue weighted by atomic mass is 127. The minimum atomic E-state index is 0. The van der Waals surface area contributed by atoms with Gasteiger partial charge in [-0.2, -0.15) is 0 Å². The van der Waals surface area contributed by atoms with Gasteiger partial charge in [0.25, 0.3) is 0 Å². The molecule has 1 aliphatic heterocycles. The first-order valence-corrected chi connectivity index (χ1v) is 8.62. The van der Waals surface area contributed by atoms with Crippen molar-refractivity contribution in [2.24, 2.45) is 10.9 Å². The van der Waals surface area contributed by atoms with Gasteiger partial charge in [-0.25, -0.2) is 9.98 Å². The number of thiazole rings is 1. The maximum absolute atomic E-state index is 5.45. The van der Waals surface area contributed by atoms with Crippen molar-refractivity contribution in [3.63, 3.8) is 0 Å². The van der Waals surface area contributed by atoms with Crippen LogP contribution in [-0.4, -0.2) is 53.6 Å². The maximum Gasteiger partial charge on any atom is 0.194 e. The molecule has 6 nitrogen and oxygen atoms in total. The van der Waals surface area contributed by atoms with Crippen LogP contribution in [0.25, 0.3) is 4.96 Å². The molecule has 1 saturated heterocycles. The van der Waals surface area contributed by atoms with Gasteiger partial charge in [-0.3, -0.25) is 4.40 Å². The van der Waals surface area contributed by atoms with E-state index in [2.05, 4.69) is 29.2 Å². The lowest BCUT2D eigenvalue weighted by Gasteiger charge is -2.24. The molecule has 0 aliphatic carbocycles. The molecule has 23 heavy (non-hydrogen) atoms. The predicted molar refractivity (Wildman–Crippen MR) is 105 cm³/mol. The number of imidazole rings is 1. The molecule has 0 saturated carbocycles. The molecule has 1 fully saturated rings. The summed E-state index contributed by atoms with van der Waals surface area (Å²) in [6.07, 6.45) is 5.21. The van der Waals surface area contributed by atoms with Gasteiger partial charge >= 0.3 is 0 Å². The summed E-state index contributed by atoms with van der Waals surface area (Å²) in [5.74, 6) is 1.54. The highest BCUT2D eigenvalue weighted by molar-refractivity contribution is 14.0. The van der Waals surface area contributed by atoms with Crippen LogP contribution < -0.4 is 5.32 Å². The fourth-order valence-corrected chi connectivity index (χ4v) is 3.40. The van der Waals surface area contributed by atoms with Gasteiger partial charge in [-0.15, -0.1) is 35.3 Å². The van der Waals surface area contributed by atoms with E-state index < -0.39 is 0 Å². The number of nitrogens with one attached hydrogen (secondary N) is 1. The first kappa shape index (κ1) is 18.5. The molecule has 2 aromatic rings. The molecule has 2 aromatic heterocycles. The van der Waals surface area contributed by atoms with Gasteiger partial charge in [0.2, 0.25) is 0 Å². The summed E-state index contributed by atoms with van der Waals surface area (Å²) in [5.41, 5.74) is 1.000. The first-order valence-electron chi connectivity index (χ1n) is 7.74. The molecule has 3 rings (SSSR count). The van der Waals surface area contributed by atoms with Crippen molar-refractivity contribution >= 4 is 46.2 Å². The summed E-state index contributed by atoms with van der Waals surface area (Å²) in [6.45, 7) is 6.28. The van der Waals surface area contributed by atoms with E-state index in [1.165, 1.54) is 0 Å². The standard InChI is InChI=1S/C15H23N5OS.HI/c1-3-16-14(19(2)9-12-4-6-21-11-12)17-8-13-10-20-5-7-22-15(20)18-13;/h5,7,10,12H,3-4,6,8-9,11H2,1-2H3,(H,16,17);1H. The number of guanidine groups is 1. The minimum Gasteiger partial charge on any atom is -0.381 e. The van der Waals surface area contributed by atoms with Crippen LogP contribution in [0.15, 0.2) is 22.8 Å². The quantitative estimate of drug-likeness (QED) is 0.433. The van der Waals surface area contributed by atoms with Crippen LogP contribution in [0.3, 0.4) is 0 Å². The Morgan fingerprint density at radius 3 is 3.17 bits per heavy atom. The number of aliphatic imine (C=N–C) groups is 1. The summed E-state index contributed by atoms with van der Waals surface area (Å²) in [7, 11) is 2.09. The van der Waals surface area contributed by atoms with Crippen molar-refractivity contribution < 1.29 is 4.74 Å². The molecular formula is C15H24IN5OS. The van der Waals surface area contributed by atoms with E-state index in [9.17, 15) is 0 Å². The number of nitrogens with zero attached hydrogens (tertiary/aromatic N) is 4. The smallest absolute Gasteiger partial charge is 0.194 e. The van der Waals surface area contributed by atoms with Crippen LogP contribution >= 0.6 is 35.3 Å². The van der Waals surface area contributed by atoms with Crippen LogP contribution in [0, 0.1) is 5.92 Å². The number of aromatic nitrogens is 2. The Kier molecular flexibility index (Phi) is 7.09. The van der Waals surface area contributed by atoms with Crippen molar-refractivity contribution in [2.45, 2.75) is 19.9 Å². The Morgan fingerprint density at radius 2 is 2.48 bits per heavy atom. The van der Waals surface area contributed by atoms with Crippen LogP contribution in [0.1, 0.15) is 19.0 Å². The molecular weight excluding hydrogens is 425 g/mol. The first-order chi connectivity index (χ1) is 10.8. The van der Waals surface area contributed by atoms with Crippen LogP contribution in [-0.2, 0) is 11.3 Å². The zero-order chi connectivity index (χ0) is 15.4. The maximum atomic E-state index is 5.45. The van der Waals surface area contributed by atoms with Gasteiger partial charge < -0.3 is 15.0 Å². The van der Waals surface area contributed by atoms with Crippen LogP contribution in [0.4, 0.5) is 0 Å². The number of hydrogen-bond acceptors (Lipinski definition) is 4. The fourth-order valence-electron chi connectivity index (χ4n) is 2.68. The van der Waals surface area contributed by atoms with Gasteiger partial charge in [0, 0.05) is 50.4 Å². The molecule has 128 valence electrons. The zero-order valence-corrected chi connectivity index (χ0v) is 16.7. The van der Waals surface area contributed by atoms with Crippen LogP contribution in [0.5, 0.6) is 0 Å². The Balaban J connectivity index is 0.00000192. The minimum absolute atomic E-state index is 0. The topological polar surface area (TPSA) is 54.2 Å². The largest absolute Gasteiger partial charge is 0.381 e.